The Balaban J connectivity index is 1.83. The molecule has 3 heteroatoms. The highest BCUT2D eigenvalue weighted by Gasteiger charge is 2.17. The number of hydrogen-bond donors (Lipinski definition) is 0. The van der Waals surface area contributed by atoms with Gasteiger partial charge < -0.3 is 4.74 Å². The fourth-order valence-electron chi connectivity index (χ4n) is 1.72. The fraction of sp³-hybridized carbons (Fsp3) is 0.188. The molecule has 19 heavy (non-hydrogen) atoms. The lowest BCUT2D eigenvalue weighted by Crippen LogP contribution is -2.20. The van der Waals surface area contributed by atoms with Crippen molar-refractivity contribution in [1.82, 2.24) is 0 Å². The normalized spacial score (nSPS) is 11.8. The number of carbonyl (C=O) groups excluding carboxylic acids is 1. The van der Waals surface area contributed by atoms with Crippen LogP contribution >= 0.6 is 11.6 Å². The molecule has 0 saturated heterocycles. The summed E-state index contributed by atoms with van der Waals surface area (Å²) in [5, 5.41) is -0.647. The van der Waals surface area contributed by atoms with Gasteiger partial charge in [-0.2, -0.15) is 0 Å². The number of hydrogen-bond acceptors (Lipinski definition) is 2. The molecule has 0 N–H and O–H groups in total. The van der Waals surface area contributed by atoms with Crippen LogP contribution in [0.25, 0.3) is 0 Å². The van der Waals surface area contributed by atoms with Crippen LogP contribution in [0.15, 0.2) is 60.7 Å². The summed E-state index contributed by atoms with van der Waals surface area (Å²) in [6, 6.07) is 19.2. The van der Waals surface area contributed by atoms with Crippen molar-refractivity contribution in [2.75, 3.05) is 0 Å². The van der Waals surface area contributed by atoms with E-state index in [4.69, 9.17) is 16.3 Å². The molecule has 0 amide bonds. The average Bonchev–Trinajstić information content (AvgIpc) is 2.47. The minimum atomic E-state index is -0.647. The zero-order chi connectivity index (χ0) is 13.5. The van der Waals surface area contributed by atoms with Crippen LogP contribution in [0.2, 0.25) is 0 Å². The van der Waals surface area contributed by atoms with Crippen LogP contribution in [0.1, 0.15) is 11.1 Å². The number of carbonyl (C=O) groups is 1. The molecule has 0 aliphatic rings. The largest absolute Gasteiger partial charge is 0.460 e. The highest BCUT2D eigenvalue weighted by molar-refractivity contribution is 6.30. The molecule has 2 rings (SSSR count). The van der Waals surface area contributed by atoms with Crippen molar-refractivity contribution < 1.29 is 9.53 Å². The lowest BCUT2D eigenvalue weighted by atomic mass is 10.1. The number of benzene rings is 2. The molecule has 2 aromatic carbocycles. The second kappa shape index (κ2) is 6.95. The van der Waals surface area contributed by atoms with E-state index in [1.54, 1.807) is 0 Å². The molecule has 0 radical (unpaired) electrons. The van der Waals surface area contributed by atoms with Gasteiger partial charge in [-0.3, -0.25) is 4.79 Å². The molecule has 1 unspecified atom stereocenters. The standard InChI is InChI=1S/C16H15ClO2/c17-15(11-13-7-3-1-4-8-13)16(18)19-12-14-9-5-2-6-10-14/h1-10,15H,11-12H2. The molecule has 0 heterocycles. The first-order chi connectivity index (χ1) is 9.25. The van der Waals surface area contributed by atoms with E-state index in [0.717, 1.165) is 11.1 Å². The molecule has 0 spiro atoms. The quantitative estimate of drug-likeness (QED) is 0.615. The molecule has 0 fully saturated rings. The first-order valence-corrected chi connectivity index (χ1v) is 6.58. The third-order valence-electron chi connectivity index (χ3n) is 2.74. The number of ether oxygens (including phenoxy) is 1. The number of alkyl halides is 1. The minimum Gasteiger partial charge on any atom is -0.460 e. The summed E-state index contributed by atoms with van der Waals surface area (Å²) in [4.78, 5) is 11.8. The summed E-state index contributed by atoms with van der Waals surface area (Å²) in [6.45, 7) is 0.262. The zero-order valence-corrected chi connectivity index (χ0v) is 11.2. The lowest BCUT2D eigenvalue weighted by molar-refractivity contribution is -0.144. The second-order valence-electron chi connectivity index (χ2n) is 4.25. The van der Waals surface area contributed by atoms with Crippen LogP contribution in [-0.4, -0.2) is 11.3 Å². The summed E-state index contributed by atoms with van der Waals surface area (Å²) in [6.07, 6.45) is 0.482. The first kappa shape index (κ1) is 13.6. The first-order valence-electron chi connectivity index (χ1n) is 6.14. The van der Waals surface area contributed by atoms with Gasteiger partial charge in [-0.15, -0.1) is 11.6 Å². The molecule has 0 bridgehead atoms. The van der Waals surface area contributed by atoms with E-state index in [0.29, 0.717) is 6.42 Å². The van der Waals surface area contributed by atoms with Gasteiger partial charge in [-0.25, -0.2) is 0 Å². The maximum Gasteiger partial charge on any atom is 0.324 e. The Morgan fingerprint density at radius 3 is 2.05 bits per heavy atom. The smallest absolute Gasteiger partial charge is 0.324 e. The summed E-state index contributed by atoms with van der Waals surface area (Å²) in [7, 11) is 0. The molecule has 0 saturated carbocycles. The third kappa shape index (κ3) is 4.42. The van der Waals surface area contributed by atoms with Crippen molar-refractivity contribution in [3.8, 4) is 0 Å². The van der Waals surface area contributed by atoms with Gasteiger partial charge in [0.2, 0.25) is 0 Å². The van der Waals surface area contributed by atoms with E-state index in [1.165, 1.54) is 0 Å². The van der Waals surface area contributed by atoms with Crippen LogP contribution < -0.4 is 0 Å². The number of halogens is 1. The lowest BCUT2D eigenvalue weighted by Gasteiger charge is -2.10. The van der Waals surface area contributed by atoms with Crippen molar-refractivity contribution in [3.05, 3.63) is 71.8 Å². The summed E-state index contributed by atoms with van der Waals surface area (Å²) in [5.74, 6) is -0.380. The van der Waals surface area contributed by atoms with E-state index in [-0.39, 0.29) is 12.6 Å². The molecule has 98 valence electrons. The van der Waals surface area contributed by atoms with Crippen molar-refractivity contribution in [1.29, 1.82) is 0 Å². The Hall–Kier alpha value is -1.80. The number of rotatable bonds is 5. The molecular formula is C16H15ClO2. The van der Waals surface area contributed by atoms with Crippen LogP contribution in [0.3, 0.4) is 0 Å². The van der Waals surface area contributed by atoms with Gasteiger partial charge >= 0.3 is 5.97 Å². The van der Waals surface area contributed by atoms with Crippen LogP contribution in [0.4, 0.5) is 0 Å². The van der Waals surface area contributed by atoms with Crippen molar-refractivity contribution in [2.45, 2.75) is 18.4 Å². The third-order valence-corrected chi connectivity index (χ3v) is 3.07. The number of esters is 1. The molecule has 0 aliphatic heterocycles. The highest BCUT2D eigenvalue weighted by Crippen LogP contribution is 2.11. The monoisotopic (exact) mass is 274 g/mol. The Morgan fingerprint density at radius 1 is 0.947 bits per heavy atom. The topological polar surface area (TPSA) is 26.3 Å². The average molecular weight is 275 g/mol. The van der Waals surface area contributed by atoms with E-state index >= 15 is 0 Å². The minimum absolute atomic E-state index is 0.262. The van der Waals surface area contributed by atoms with Crippen molar-refractivity contribution in [2.24, 2.45) is 0 Å². The van der Waals surface area contributed by atoms with E-state index in [9.17, 15) is 4.79 Å². The predicted octanol–water partition coefficient (Wildman–Crippen LogP) is 3.58. The van der Waals surface area contributed by atoms with Crippen LogP contribution in [0.5, 0.6) is 0 Å². The zero-order valence-electron chi connectivity index (χ0n) is 10.5. The Labute approximate surface area is 118 Å². The summed E-state index contributed by atoms with van der Waals surface area (Å²) in [5.41, 5.74) is 1.98. The molecule has 2 aromatic rings. The highest BCUT2D eigenvalue weighted by atomic mass is 35.5. The summed E-state index contributed by atoms with van der Waals surface area (Å²) < 4.78 is 5.19. The van der Waals surface area contributed by atoms with Gasteiger partial charge in [-0.05, 0) is 17.5 Å². The molecule has 0 aliphatic carbocycles. The van der Waals surface area contributed by atoms with Gasteiger partial charge in [0.15, 0.2) is 0 Å². The molecule has 1 atom stereocenters. The maximum absolute atomic E-state index is 11.8. The Bertz CT molecular complexity index is 511. The molecule has 2 nitrogen and oxygen atoms in total. The van der Waals surface area contributed by atoms with Gasteiger partial charge in [0.05, 0.1) is 0 Å². The van der Waals surface area contributed by atoms with E-state index in [1.807, 2.05) is 60.7 Å². The Kier molecular flexibility index (Phi) is 4.99. The van der Waals surface area contributed by atoms with Crippen molar-refractivity contribution >= 4 is 17.6 Å². The summed E-state index contributed by atoms with van der Waals surface area (Å²) >= 11 is 6.06. The molecule has 0 aromatic heterocycles. The van der Waals surface area contributed by atoms with Crippen molar-refractivity contribution in [3.63, 3.8) is 0 Å². The van der Waals surface area contributed by atoms with Crippen LogP contribution in [-0.2, 0) is 22.6 Å². The van der Waals surface area contributed by atoms with Crippen LogP contribution in [0, 0.1) is 0 Å². The molecular weight excluding hydrogens is 260 g/mol. The Morgan fingerprint density at radius 2 is 1.47 bits per heavy atom. The fourth-order valence-corrected chi connectivity index (χ4v) is 1.96. The van der Waals surface area contributed by atoms with Gasteiger partial charge in [0.1, 0.15) is 12.0 Å². The van der Waals surface area contributed by atoms with E-state index < -0.39 is 5.38 Å². The van der Waals surface area contributed by atoms with Gasteiger partial charge in [0.25, 0.3) is 0 Å². The van der Waals surface area contributed by atoms with Gasteiger partial charge in [0, 0.05) is 0 Å². The SMILES string of the molecule is O=C(OCc1ccccc1)C(Cl)Cc1ccccc1. The maximum atomic E-state index is 11.8. The second-order valence-corrected chi connectivity index (χ2v) is 4.78. The van der Waals surface area contributed by atoms with E-state index in [2.05, 4.69) is 0 Å². The predicted molar refractivity (Wildman–Crippen MR) is 76.0 cm³/mol. The van der Waals surface area contributed by atoms with Gasteiger partial charge in [-0.1, -0.05) is 60.7 Å².